The molecular formula is C14H23FN2O. The van der Waals surface area contributed by atoms with Crippen molar-refractivity contribution < 1.29 is 9.50 Å². The largest absolute Gasteiger partial charge is 0.392 e. The first-order valence-electron chi connectivity index (χ1n) is 6.44. The van der Waals surface area contributed by atoms with Crippen LogP contribution in [0.1, 0.15) is 39.4 Å². The Kier molecular flexibility index (Phi) is 5.69. The van der Waals surface area contributed by atoms with Crippen LogP contribution in [0, 0.1) is 17.7 Å². The molecule has 1 heterocycles. The van der Waals surface area contributed by atoms with E-state index < -0.39 is 0 Å². The Hall–Kier alpha value is -1.00. The van der Waals surface area contributed by atoms with Crippen LogP contribution in [0.2, 0.25) is 0 Å². The lowest BCUT2D eigenvalue weighted by atomic mass is 9.99. The maximum atomic E-state index is 12.8. The molecule has 0 saturated carbocycles. The lowest BCUT2D eigenvalue weighted by Gasteiger charge is -2.24. The summed E-state index contributed by atoms with van der Waals surface area (Å²) < 4.78 is 12.8. The van der Waals surface area contributed by atoms with Crippen molar-refractivity contribution in [3.8, 4) is 0 Å². The first kappa shape index (κ1) is 15.1. The number of aromatic nitrogens is 1. The van der Waals surface area contributed by atoms with Crippen LogP contribution in [0.5, 0.6) is 0 Å². The van der Waals surface area contributed by atoms with Crippen LogP contribution in [0.4, 0.5) is 4.39 Å². The summed E-state index contributed by atoms with van der Waals surface area (Å²) >= 11 is 0. The molecule has 0 amide bonds. The number of pyridine rings is 1. The van der Waals surface area contributed by atoms with Gasteiger partial charge in [-0.05, 0) is 24.0 Å². The van der Waals surface area contributed by atoms with Crippen molar-refractivity contribution in [2.45, 2.75) is 39.8 Å². The number of nitrogens with zero attached hydrogens (tertiary/aromatic N) is 1. The maximum Gasteiger partial charge on any atom is 0.141 e. The Morgan fingerprint density at radius 2 is 1.89 bits per heavy atom. The second-order valence-corrected chi connectivity index (χ2v) is 5.34. The zero-order valence-electron chi connectivity index (χ0n) is 11.5. The van der Waals surface area contributed by atoms with Gasteiger partial charge < -0.3 is 10.4 Å². The summed E-state index contributed by atoms with van der Waals surface area (Å²) in [5.41, 5.74) is 0.808. The lowest BCUT2D eigenvalue weighted by molar-refractivity contribution is 0.117. The molecule has 2 N–H and O–H groups in total. The molecule has 0 aliphatic rings. The van der Waals surface area contributed by atoms with Gasteiger partial charge in [0.2, 0.25) is 0 Å². The van der Waals surface area contributed by atoms with Crippen LogP contribution in [-0.4, -0.2) is 22.7 Å². The highest BCUT2D eigenvalue weighted by molar-refractivity contribution is 5.10. The van der Waals surface area contributed by atoms with Crippen molar-refractivity contribution >= 4 is 0 Å². The molecule has 0 aliphatic heterocycles. The second-order valence-electron chi connectivity index (χ2n) is 5.34. The van der Waals surface area contributed by atoms with Gasteiger partial charge in [-0.15, -0.1) is 0 Å². The molecule has 1 aromatic rings. The highest BCUT2D eigenvalue weighted by Crippen LogP contribution is 2.20. The third-order valence-corrected chi connectivity index (χ3v) is 3.05. The monoisotopic (exact) mass is 254 g/mol. The Morgan fingerprint density at radius 3 is 2.33 bits per heavy atom. The number of halogens is 1. The van der Waals surface area contributed by atoms with Crippen molar-refractivity contribution in [1.82, 2.24) is 10.3 Å². The lowest BCUT2D eigenvalue weighted by Crippen LogP contribution is -2.35. The van der Waals surface area contributed by atoms with Gasteiger partial charge in [-0.1, -0.05) is 27.7 Å². The number of aliphatic hydroxyl groups excluding tert-OH is 1. The molecule has 18 heavy (non-hydrogen) atoms. The summed E-state index contributed by atoms with van der Waals surface area (Å²) in [6.45, 7) is 8.62. The standard InChI is InChI=1S/C14H23FN2O/c1-9(2)13(18)8-17-14(10(3)4)12-6-5-11(15)7-16-12/h5-7,9-10,13-14,17-18H,8H2,1-4H3. The summed E-state index contributed by atoms with van der Waals surface area (Å²) in [7, 11) is 0. The molecule has 0 aromatic carbocycles. The molecule has 102 valence electrons. The third kappa shape index (κ3) is 4.35. The molecule has 3 nitrogen and oxygen atoms in total. The van der Waals surface area contributed by atoms with Crippen LogP contribution in [-0.2, 0) is 0 Å². The molecule has 1 rings (SSSR count). The van der Waals surface area contributed by atoms with Gasteiger partial charge in [0, 0.05) is 6.54 Å². The fourth-order valence-electron chi connectivity index (χ4n) is 1.74. The van der Waals surface area contributed by atoms with Crippen molar-refractivity contribution in [2.24, 2.45) is 11.8 Å². The van der Waals surface area contributed by atoms with E-state index >= 15 is 0 Å². The van der Waals surface area contributed by atoms with E-state index in [1.165, 1.54) is 12.3 Å². The van der Waals surface area contributed by atoms with Gasteiger partial charge in [-0.3, -0.25) is 4.98 Å². The maximum absolute atomic E-state index is 12.8. The molecule has 0 saturated heterocycles. The first-order valence-corrected chi connectivity index (χ1v) is 6.44. The predicted molar refractivity (Wildman–Crippen MR) is 70.6 cm³/mol. The molecular weight excluding hydrogens is 231 g/mol. The van der Waals surface area contributed by atoms with E-state index in [9.17, 15) is 9.50 Å². The normalized spacial score (nSPS) is 15.1. The Balaban J connectivity index is 2.68. The summed E-state index contributed by atoms with van der Waals surface area (Å²) in [5, 5.41) is 13.1. The molecule has 1 aromatic heterocycles. The fraction of sp³-hybridized carbons (Fsp3) is 0.643. The van der Waals surface area contributed by atoms with Crippen LogP contribution < -0.4 is 5.32 Å². The highest BCUT2D eigenvalue weighted by Gasteiger charge is 2.19. The van der Waals surface area contributed by atoms with E-state index in [0.717, 1.165) is 5.69 Å². The van der Waals surface area contributed by atoms with Crippen LogP contribution >= 0.6 is 0 Å². The van der Waals surface area contributed by atoms with Gasteiger partial charge in [0.15, 0.2) is 0 Å². The average molecular weight is 254 g/mol. The van der Waals surface area contributed by atoms with E-state index in [1.807, 2.05) is 13.8 Å². The van der Waals surface area contributed by atoms with Gasteiger partial charge >= 0.3 is 0 Å². The van der Waals surface area contributed by atoms with Crippen molar-refractivity contribution in [1.29, 1.82) is 0 Å². The van der Waals surface area contributed by atoms with Crippen LogP contribution in [0.3, 0.4) is 0 Å². The number of aliphatic hydroxyl groups is 1. The van der Waals surface area contributed by atoms with E-state index in [1.54, 1.807) is 6.07 Å². The van der Waals surface area contributed by atoms with Crippen LogP contribution in [0.25, 0.3) is 0 Å². The number of hydrogen-bond donors (Lipinski definition) is 2. The minimum Gasteiger partial charge on any atom is -0.392 e. The van der Waals surface area contributed by atoms with Gasteiger partial charge in [0.05, 0.1) is 24.0 Å². The van der Waals surface area contributed by atoms with Gasteiger partial charge in [0.25, 0.3) is 0 Å². The van der Waals surface area contributed by atoms with Gasteiger partial charge in [-0.25, -0.2) is 4.39 Å². The Labute approximate surface area is 108 Å². The highest BCUT2D eigenvalue weighted by atomic mass is 19.1. The Morgan fingerprint density at radius 1 is 1.22 bits per heavy atom. The number of rotatable bonds is 6. The summed E-state index contributed by atoms with van der Waals surface area (Å²) in [4.78, 5) is 4.10. The molecule has 0 aliphatic carbocycles. The van der Waals surface area contributed by atoms with E-state index in [0.29, 0.717) is 12.5 Å². The molecule has 2 unspecified atom stereocenters. The molecule has 0 radical (unpaired) electrons. The molecule has 0 bridgehead atoms. The Bertz CT molecular complexity index is 351. The summed E-state index contributed by atoms with van der Waals surface area (Å²) in [6, 6.07) is 3.13. The zero-order valence-corrected chi connectivity index (χ0v) is 11.5. The summed E-state index contributed by atoms with van der Waals surface area (Å²) in [6.07, 6.45) is 0.845. The number of hydrogen-bond acceptors (Lipinski definition) is 3. The second kappa shape index (κ2) is 6.81. The van der Waals surface area contributed by atoms with Crippen molar-refractivity contribution in [3.05, 3.63) is 29.8 Å². The average Bonchev–Trinajstić information content (AvgIpc) is 2.30. The summed E-state index contributed by atoms with van der Waals surface area (Å²) in [5.74, 6) is 0.206. The van der Waals surface area contributed by atoms with E-state index in [2.05, 4.69) is 24.1 Å². The van der Waals surface area contributed by atoms with Gasteiger partial charge in [-0.2, -0.15) is 0 Å². The molecule has 2 atom stereocenters. The zero-order chi connectivity index (χ0) is 13.7. The quantitative estimate of drug-likeness (QED) is 0.820. The van der Waals surface area contributed by atoms with Crippen molar-refractivity contribution in [3.63, 3.8) is 0 Å². The van der Waals surface area contributed by atoms with Crippen molar-refractivity contribution in [2.75, 3.05) is 6.54 Å². The topological polar surface area (TPSA) is 45.1 Å². The first-order chi connectivity index (χ1) is 8.41. The molecule has 0 spiro atoms. The van der Waals surface area contributed by atoms with E-state index in [-0.39, 0.29) is 23.9 Å². The SMILES string of the molecule is CC(C)C(O)CNC(c1ccc(F)cn1)C(C)C. The third-order valence-electron chi connectivity index (χ3n) is 3.05. The van der Waals surface area contributed by atoms with Crippen LogP contribution in [0.15, 0.2) is 18.3 Å². The predicted octanol–water partition coefficient (Wildman–Crippen LogP) is 2.52. The van der Waals surface area contributed by atoms with E-state index in [4.69, 9.17) is 0 Å². The molecule has 0 fully saturated rings. The minimum atomic E-state index is -0.383. The minimum absolute atomic E-state index is 0.0269. The van der Waals surface area contributed by atoms with Gasteiger partial charge in [0.1, 0.15) is 5.82 Å². The number of nitrogens with one attached hydrogen (secondary N) is 1. The smallest absolute Gasteiger partial charge is 0.141 e. The molecule has 4 heteroatoms. The fourth-order valence-corrected chi connectivity index (χ4v) is 1.74.